The van der Waals surface area contributed by atoms with Crippen LogP contribution in [0.2, 0.25) is 0 Å². The highest BCUT2D eigenvalue weighted by atomic mass is 35.5. The number of rotatable bonds is 3. The van der Waals surface area contributed by atoms with E-state index in [1.165, 1.54) is 21.5 Å². The average Bonchev–Trinajstić information content (AvgIpc) is 2.44. The highest BCUT2D eigenvalue weighted by molar-refractivity contribution is 6.02. The zero-order valence-electron chi connectivity index (χ0n) is 11.1. The summed E-state index contributed by atoms with van der Waals surface area (Å²) in [5.41, 5.74) is 7.42. The SMILES string of the molecule is Cl.N[C@@H](CCO)c1c2ccccc2cc2ccccc12. The van der Waals surface area contributed by atoms with Gasteiger partial charge in [-0.3, -0.25) is 0 Å². The Morgan fingerprint density at radius 1 is 0.900 bits per heavy atom. The van der Waals surface area contributed by atoms with Crippen LogP contribution in [0.25, 0.3) is 21.5 Å². The summed E-state index contributed by atoms with van der Waals surface area (Å²) >= 11 is 0. The van der Waals surface area contributed by atoms with Gasteiger partial charge in [0.2, 0.25) is 0 Å². The summed E-state index contributed by atoms with van der Waals surface area (Å²) in [5, 5.41) is 13.9. The molecule has 0 saturated carbocycles. The van der Waals surface area contributed by atoms with Crippen molar-refractivity contribution < 1.29 is 5.11 Å². The largest absolute Gasteiger partial charge is 0.396 e. The van der Waals surface area contributed by atoms with Crippen LogP contribution >= 0.6 is 12.4 Å². The Morgan fingerprint density at radius 2 is 1.40 bits per heavy atom. The minimum atomic E-state index is -0.138. The predicted molar refractivity (Wildman–Crippen MR) is 87.3 cm³/mol. The van der Waals surface area contributed by atoms with Crippen LogP contribution in [0.5, 0.6) is 0 Å². The first kappa shape index (κ1) is 14.8. The first-order valence-electron chi connectivity index (χ1n) is 6.58. The second-order valence-corrected chi connectivity index (χ2v) is 4.85. The van der Waals surface area contributed by atoms with Gasteiger partial charge >= 0.3 is 0 Å². The maximum absolute atomic E-state index is 9.16. The molecule has 3 aromatic carbocycles. The van der Waals surface area contributed by atoms with Crippen LogP contribution in [0.15, 0.2) is 54.6 Å². The Labute approximate surface area is 124 Å². The van der Waals surface area contributed by atoms with E-state index in [2.05, 4.69) is 30.3 Å². The summed E-state index contributed by atoms with van der Waals surface area (Å²) < 4.78 is 0. The number of aliphatic hydroxyl groups is 1. The lowest BCUT2D eigenvalue weighted by atomic mass is 9.91. The highest BCUT2D eigenvalue weighted by Gasteiger charge is 2.13. The van der Waals surface area contributed by atoms with Gasteiger partial charge in [0.05, 0.1) is 0 Å². The van der Waals surface area contributed by atoms with Crippen LogP contribution < -0.4 is 5.73 Å². The minimum absolute atomic E-state index is 0. The van der Waals surface area contributed by atoms with Crippen LogP contribution in [0, 0.1) is 0 Å². The minimum Gasteiger partial charge on any atom is -0.396 e. The van der Waals surface area contributed by atoms with E-state index in [0.29, 0.717) is 6.42 Å². The molecule has 104 valence electrons. The van der Waals surface area contributed by atoms with Crippen LogP contribution in [0.3, 0.4) is 0 Å². The molecular weight excluding hydrogens is 270 g/mol. The summed E-state index contributed by atoms with van der Waals surface area (Å²) in [4.78, 5) is 0. The average molecular weight is 288 g/mol. The molecule has 3 aromatic rings. The molecule has 0 heterocycles. The van der Waals surface area contributed by atoms with Crippen LogP contribution in [0.1, 0.15) is 18.0 Å². The quantitative estimate of drug-likeness (QED) is 0.720. The maximum Gasteiger partial charge on any atom is 0.0449 e. The van der Waals surface area contributed by atoms with Crippen molar-refractivity contribution >= 4 is 34.0 Å². The van der Waals surface area contributed by atoms with E-state index in [9.17, 15) is 0 Å². The van der Waals surface area contributed by atoms with Gasteiger partial charge in [0.25, 0.3) is 0 Å². The molecular formula is C17H18ClNO. The third-order valence-electron chi connectivity index (χ3n) is 3.62. The predicted octanol–water partition coefficient (Wildman–Crippen LogP) is 3.80. The third kappa shape index (κ3) is 2.50. The Balaban J connectivity index is 0.00000147. The van der Waals surface area contributed by atoms with Crippen molar-refractivity contribution in [2.75, 3.05) is 6.61 Å². The second kappa shape index (κ2) is 6.23. The van der Waals surface area contributed by atoms with Gasteiger partial charge in [-0.25, -0.2) is 0 Å². The van der Waals surface area contributed by atoms with E-state index in [-0.39, 0.29) is 25.1 Å². The third-order valence-corrected chi connectivity index (χ3v) is 3.62. The van der Waals surface area contributed by atoms with Gasteiger partial charge in [-0.15, -0.1) is 12.4 Å². The number of benzene rings is 3. The van der Waals surface area contributed by atoms with Gasteiger partial charge < -0.3 is 10.8 Å². The molecule has 0 bridgehead atoms. The molecule has 3 heteroatoms. The van der Waals surface area contributed by atoms with Gasteiger partial charge in [0.1, 0.15) is 0 Å². The summed E-state index contributed by atoms with van der Waals surface area (Å²) in [6.07, 6.45) is 0.581. The molecule has 2 nitrogen and oxygen atoms in total. The normalized spacial score (nSPS) is 12.3. The van der Waals surface area contributed by atoms with Crippen molar-refractivity contribution in [2.24, 2.45) is 5.73 Å². The molecule has 0 radical (unpaired) electrons. The van der Waals surface area contributed by atoms with Gasteiger partial charge in [-0.1, -0.05) is 48.5 Å². The molecule has 20 heavy (non-hydrogen) atoms. The fourth-order valence-corrected chi connectivity index (χ4v) is 2.73. The van der Waals surface area contributed by atoms with Crippen molar-refractivity contribution in [3.05, 3.63) is 60.2 Å². The molecule has 0 saturated heterocycles. The fraction of sp³-hybridized carbons (Fsp3) is 0.176. The van der Waals surface area contributed by atoms with Crippen LogP contribution in [-0.4, -0.2) is 11.7 Å². The van der Waals surface area contributed by atoms with E-state index in [4.69, 9.17) is 10.8 Å². The molecule has 0 aliphatic heterocycles. The van der Waals surface area contributed by atoms with E-state index >= 15 is 0 Å². The number of aliphatic hydroxyl groups excluding tert-OH is 1. The van der Waals surface area contributed by atoms with E-state index in [1.807, 2.05) is 24.3 Å². The van der Waals surface area contributed by atoms with Crippen molar-refractivity contribution in [1.29, 1.82) is 0 Å². The first-order chi connectivity index (χ1) is 9.31. The smallest absolute Gasteiger partial charge is 0.0449 e. The summed E-state index contributed by atoms with van der Waals surface area (Å²) in [7, 11) is 0. The zero-order chi connectivity index (χ0) is 13.2. The summed E-state index contributed by atoms with van der Waals surface area (Å²) in [6.45, 7) is 0.110. The lowest BCUT2D eigenvalue weighted by Crippen LogP contribution is -2.13. The van der Waals surface area contributed by atoms with E-state index in [0.717, 1.165) is 5.56 Å². The Bertz CT molecular complexity index is 672. The number of nitrogens with two attached hydrogens (primary N) is 1. The number of fused-ring (bicyclic) bond motifs is 2. The molecule has 0 fully saturated rings. The molecule has 0 aliphatic rings. The Hall–Kier alpha value is -1.61. The molecule has 3 rings (SSSR count). The van der Waals surface area contributed by atoms with Crippen molar-refractivity contribution in [3.8, 4) is 0 Å². The van der Waals surface area contributed by atoms with Crippen molar-refractivity contribution in [1.82, 2.24) is 0 Å². The molecule has 3 N–H and O–H groups in total. The monoisotopic (exact) mass is 287 g/mol. The molecule has 1 atom stereocenters. The highest BCUT2D eigenvalue weighted by Crippen LogP contribution is 2.32. The Kier molecular flexibility index (Phi) is 4.61. The van der Waals surface area contributed by atoms with Gasteiger partial charge in [-0.2, -0.15) is 0 Å². The van der Waals surface area contributed by atoms with E-state index < -0.39 is 0 Å². The van der Waals surface area contributed by atoms with Gasteiger partial charge in [0, 0.05) is 12.6 Å². The molecule has 0 amide bonds. The number of hydrogen-bond donors (Lipinski definition) is 2. The van der Waals surface area contributed by atoms with Gasteiger partial charge in [0.15, 0.2) is 0 Å². The molecule has 0 unspecified atom stereocenters. The lowest BCUT2D eigenvalue weighted by Gasteiger charge is -2.17. The summed E-state index contributed by atoms with van der Waals surface area (Å²) in [5.74, 6) is 0. The lowest BCUT2D eigenvalue weighted by molar-refractivity contribution is 0.277. The van der Waals surface area contributed by atoms with Crippen LogP contribution in [0.4, 0.5) is 0 Å². The van der Waals surface area contributed by atoms with E-state index in [1.54, 1.807) is 0 Å². The zero-order valence-corrected chi connectivity index (χ0v) is 11.9. The van der Waals surface area contributed by atoms with Crippen LogP contribution in [-0.2, 0) is 0 Å². The second-order valence-electron chi connectivity index (χ2n) is 4.85. The Morgan fingerprint density at radius 3 is 1.90 bits per heavy atom. The van der Waals surface area contributed by atoms with Crippen molar-refractivity contribution in [3.63, 3.8) is 0 Å². The fourth-order valence-electron chi connectivity index (χ4n) is 2.73. The molecule has 0 spiro atoms. The standard InChI is InChI=1S/C17H17NO.ClH/c18-16(9-10-19)17-14-7-3-1-5-12(14)11-13-6-2-4-8-15(13)17;/h1-8,11,16,19H,9-10,18H2;1H/t16-;/m0./s1. The topological polar surface area (TPSA) is 46.2 Å². The molecule has 0 aromatic heterocycles. The maximum atomic E-state index is 9.16. The number of hydrogen-bond acceptors (Lipinski definition) is 2. The number of halogens is 1. The van der Waals surface area contributed by atoms with Crippen molar-refractivity contribution in [2.45, 2.75) is 12.5 Å². The summed E-state index contributed by atoms with van der Waals surface area (Å²) in [6, 6.07) is 18.6. The molecule has 0 aliphatic carbocycles. The first-order valence-corrected chi connectivity index (χ1v) is 6.58. The van der Waals surface area contributed by atoms with Gasteiger partial charge in [-0.05, 0) is 39.6 Å².